The van der Waals surface area contributed by atoms with Crippen LogP contribution in [0.2, 0.25) is 0 Å². The Hall–Kier alpha value is -2.88. The predicted molar refractivity (Wildman–Crippen MR) is 118 cm³/mol. The Morgan fingerprint density at radius 1 is 1.14 bits per heavy atom. The van der Waals surface area contributed by atoms with Crippen LogP contribution in [0.5, 0.6) is 17.4 Å². The second kappa shape index (κ2) is 10.5. The average molecular weight is 494 g/mol. The lowest BCUT2D eigenvalue weighted by Gasteiger charge is -2.10. The van der Waals surface area contributed by atoms with Crippen molar-refractivity contribution in [2.45, 2.75) is 6.54 Å². The number of nitrogens with zero attached hydrogens (tertiary/aromatic N) is 2. The summed E-state index contributed by atoms with van der Waals surface area (Å²) >= 11 is 0. The van der Waals surface area contributed by atoms with Gasteiger partial charge in [0.2, 0.25) is 5.88 Å². The number of benzene rings is 2. The molecule has 0 saturated carbocycles. The smallest absolute Gasteiger partial charge is 0.219 e. The van der Waals surface area contributed by atoms with Crippen molar-refractivity contribution in [1.82, 2.24) is 4.98 Å². The molecular formula is C20H20FIN4O2. The number of methoxy groups -OCH3 is 1. The molecule has 3 aromatic rings. The van der Waals surface area contributed by atoms with E-state index in [1.54, 1.807) is 31.5 Å². The van der Waals surface area contributed by atoms with Crippen LogP contribution in [0.4, 0.5) is 10.1 Å². The van der Waals surface area contributed by atoms with Crippen molar-refractivity contribution >= 4 is 35.6 Å². The van der Waals surface area contributed by atoms with Gasteiger partial charge in [0.25, 0.3) is 0 Å². The first-order valence-corrected chi connectivity index (χ1v) is 8.22. The maximum atomic E-state index is 13.2. The number of halogens is 2. The van der Waals surface area contributed by atoms with E-state index in [1.165, 1.54) is 12.1 Å². The number of guanidine groups is 1. The number of aliphatic imine (C=N–C) groups is 1. The fraction of sp³-hybridized carbons (Fsp3) is 0.100. The number of aromatic nitrogens is 1. The van der Waals surface area contributed by atoms with Crippen molar-refractivity contribution in [3.8, 4) is 17.4 Å². The second-order valence-electron chi connectivity index (χ2n) is 5.59. The highest BCUT2D eigenvalue weighted by atomic mass is 127. The van der Waals surface area contributed by atoms with Crippen LogP contribution in [0.1, 0.15) is 5.56 Å². The number of anilines is 1. The van der Waals surface area contributed by atoms with Crippen LogP contribution in [0, 0.1) is 5.82 Å². The minimum Gasteiger partial charge on any atom is -0.495 e. The largest absolute Gasteiger partial charge is 0.495 e. The van der Waals surface area contributed by atoms with E-state index in [0.717, 1.165) is 11.3 Å². The molecule has 1 heterocycles. The zero-order valence-electron chi connectivity index (χ0n) is 15.1. The summed E-state index contributed by atoms with van der Waals surface area (Å²) in [5, 5.41) is 3.00. The van der Waals surface area contributed by atoms with E-state index in [0.29, 0.717) is 23.9 Å². The summed E-state index contributed by atoms with van der Waals surface area (Å²) in [7, 11) is 1.59. The molecular weight excluding hydrogens is 474 g/mol. The lowest BCUT2D eigenvalue weighted by Crippen LogP contribution is -2.22. The van der Waals surface area contributed by atoms with E-state index < -0.39 is 0 Å². The molecule has 3 rings (SSSR count). The van der Waals surface area contributed by atoms with E-state index in [-0.39, 0.29) is 35.8 Å². The minimum absolute atomic E-state index is 0. The van der Waals surface area contributed by atoms with E-state index in [4.69, 9.17) is 15.2 Å². The molecule has 1 aromatic heterocycles. The van der Waals surface area contributed by atoms with Crippen molar-refractivity contribution < 1.29 is 13.9 Å². The first-order valence-electron chi connectivity index (χ1n) is 8.22. The van der Waals surface area contributed by atoms with Crippen molar-refractivity contribution in [1.29, 1.82) is 0 Å². The number of pyridine rings is 1. The first kappa shape index (κ1) is 21.4. The molecule has 146 valence electrons. The van der Waals surface area contributed by atoms with Gasteiger partial charge in [0.05, 0.1) is 19.3 Å². The fourth-order valence-electron chi connectivity index (χ4n) is 2.32. The molecule has 0 atom stereocenters. The van der Waals surface area contributed by atoms with Gasteiger partial charge in [-0.1, -0.05) is 24.3 Å². The molecule has 0 aliphatic carbocycles. The van der Waals surface area contributed by atoms with Crippen LogP contribution in [-0.4, -0.2) is 18.1 Å². The zero-order valence-corrected chi connectivity index (χ0v) is 17.5. The first-order chi connectivity index (χ1) is 13.1. The average Bonchev–Trinajstić information content (AvgIpc) is 2.68. The zero-order chi connectivity index (χ0) is 19.1. The molecule has 2 aromatic carbocycles. The molecule has 0 bridgehead atoms. The Morgan fingerprint density at radius 2 is 1.96 bits per heavy atom. The topological polar surface area (TPSA) is 81.8 Å². The van der Waals surface area contributed by atoms with Gasteiger partial charge in [0, 0.05) is 18.3 Å². The Bertz CT molecular complexity index is 935. The summed E-state index contributed by atoms with van der Waals surface area (Å²) in [6.45, 7) is 0.348. The quantitative estimate of drug-likeness (QED) is 0.298. The lowest BCUT2D eigenvalue weighted by atomic mass is 10.3. The maximum Gasteiger partial charge on any atom is 0.219 e. The molecule has 0 saturated heterocycles. The number of ether oxygens (including phenoxy) is 2. The monoisotopic (exact) mass is 494 g/mol. The third-order valence-corrected chi connectivity index (χ3v) is 3.62. The molecule has 0 amide bonds. The van der Waals surface area contributed by atoms with Gasteiger partial charge >= 0.3 is 0 Å². The van der Waals surface area contributed by atoms with Crippen LogP contribution in [-0.2, 0) is 6.54 Å². The van der Waals surface area contributed by atoms with E-state index in [9.17, 15) is 4.39 Å². The molecule has 0 radical (unpaired) electrons. The van der Waals surface area contributed by atoms with E-state index >= 15 is 0 Å². The molecule has 0 spiro atoms. The van der Waals surface area contributed by atoms with Gasteiger partial charge in [0.1, 0.15) is 17.3 Å². The van der Waals surface area contributed by atoms with Crippen LogP contribution >= 0.6 is 24.0 Å². The van der Waals surface area contributed by atoms with Crippen LogP contribution in [0.15, 0.2) is 71.9 Å². The summed E-state index contributed by atoms with van der Waals surface area (Å²) < 4.78 is 23.9. The minimum atomic E-state index is -0.364. The number of hydrogen-bond donors (Lipinski definition) is 2. The van der Waals surface area contributed by atoms with Gasteiger partial charge < -0.3 is 20.5 Å². The summed E-state index contributed by atoms with van der Waals surface area (Å²) in [5.41, 5.74) is 7.51. The van der Waals surface area contributed by atoms with Gasteiger partial charge in [-0.15, -0.1) is 24.0 Å². The molecule has 6 nitrogen and oxygen atoms in total. The Balaban J connectivity index is 0.00000280. The predicted octanol–water partition coefficient (Wildman–Crippen LogP) is 4.57. The SMILES string of the molecule is COc1ccccc1NC(N)=NCc1ccc(Oc2cccc(F)c2)nc1.I. The standard InChI is InChI=1S/C20H19FN4O2.HI/c1-26-18-8-3-2-7-17(18)25-20(22)24-13-14-9-10-19(23-12-14)27-16-6-4-5-15(21)11-16;/h2-12H,13H2,1H3,(H3,22,24,25);1H. The number of para-hydroxylation sites is 2. The number of rotatable bonds is 6. The molecule has 0 fully saturated rings. The maximum absolute atomic E-state index is 13.2. The summed E-state index contributed by atoms with van der Waals surface area (Å²) in [6.07, 6.45) is 1.63. The highest BCUT2D eigenvalue weighted by Crippen LogP contribution is 2.23. The van der Waals surface area contributed by atoms with Crippen LogP contribution in [0.3, 0.4) is 0 Å². The van der Waals surface area contributed by atoms with Crippen LogP contribution < -0.4 is 20.5 Å². The van der Waals surface area contributed by atoms with Gasteiger partial charge in [-0.05, 0) is 29.8 Å². The van der Waals surface area contributed by atoms with Crippen molar-refractivity contribution in [2.24, 2.45) is 10.7 Å². The van der Waals surface area contributed by atoms with Gasteiger partial charge in [-0.2, -0.15) is 0 Å². The van der Waals surface area contributed by atoms with Gasteiger partial charge in [-0.3, -0.25) is 0 Å². The van der Waals surface area contributed by atoms with Crippen molar-refractivity contribution in [3.63, 3.8) is 0 Å². The Kier molecular flexibility index (Phi) is 8.00. The lowest BCUT2D eigenvalue weighted by molar-refractivity contribution is 0.417. The summed E-state index contributed by atoms with van der Waals surface area (Å²) in [6, 6.07) is 16.8. The highest BCUT2D eigenvalue weighted by Gasteiger charge is 2.03. The second-order valence-corrected chi connectivity index (χ2v) is 5.59. The molecule has 28 heavy (non-hydrogen) atoms. The van der Waals surface area contributed by atoms with E-state index in [2.05, 4.69) is 15.3 Å². The number of nitrogens with two attached hydrogens (primary N) is 1. The normalized spacial score (nSPS) is 10.7. The van der Waals surface area contributed by atoms with Crippen molar-refractivity contribution in [3.05, 3.63) is 78.2 Å². The van der Waals surface area contributed by atoms with Gasteiger partial charge in [-0.25, -0.2) is 14.4 Å². The summed E-state index contributed by atoms with van der Waals surface area (Å²) in [5.74, 6) is 1.33. The number of nitrogens with one attached hydrogen (secondary N) is 1. The van der Waals surface area contributed by atoms with Gasteiger partial charge in [0.15, 0.2) is 5.96 Å². The Labute approximate surface area is 179 Å². The molecule has 0 aliphatic heterocycles. The molecule has 0 unspecified atom stereocenters. The number of hydrogen-bond acceptors (Lipinski definition) is 4. The summed E-state index contributed by atoms with van der Waals surface area (Å²) in [4.78, 5) is 8.49. The van der Waals surface area contributed by atoms with E-state index in [1.807, 2.05) is 30.3 Å². The van der Waals surface area contributed by atoms with Crippen molar-refractivity contribution in [2.75, 3.05) is 12.4 Å². The third kappa shape index (κ3) is 6.08. The van der Waals surface area contributed by atoms with Crippen LogP contribution in [0.25, 0.3) is 0 Å². The molecule has 3 N–H and O–H groups in total. The molecule has 0 aliphatic rings. The highest BCUT2D eigenvalue weighted by molar-refractivity contribution is 14.0. The Morgan fingerprint density at radius 3 is 2.68 bits per heavy atom. The fourth-order valence-corrected chi connectivity index (χ4v) is 2.32. The third-order valence-electron chi connectivity index (χ3n) is 3.62. The molecule has 8 heteroatoms.